The zero-order valence-electron chi connectivity index (χ0n) is 15.7. The van der Waals surface area contributed by atoms with Gasteiger partial charge >= 0.3 is 5.69 Å². The molecule has 0 amide bonds. The van der Waals surface area contributed by atoms with Gasteiger partial charge < -0.3 is 4.98 Å². The third-order valence-electron chi connectivity index (χ3n) is 5.66. The Labute approximate surface area is 170 Å². The Hall–Kier alpha value is -4.36. The second kappa shape index (κ2) is 6.07. The van der Waals surface area contributed by atoms with Crippen LogP contribution in [0.15, 0.2) is 82.5 Å². The second-order valence-corrected chi connectivity index (χ2v) is 7.34. The molecule has 1 aromatic heterocycles. The van der Waals surface area contributed by atoms with Crippen molar-refractivity contribution in [3.05, 3.63) is 105 Å². The summed E-state index contributed by atoms with van der Waals surface area (Å²) in [7, 11) is 0. The quantitative estimate of drug-likeness (QED) is 0.229. The molecule has 0 saturated heterocycles. The second-order valence-electron chi connectivity index (χ2n) is 7.34. The topological polar surface area (TPSA) is 65.7 Å². The van der Waals surface area contributed by atoms with Crippen molar-refractivity contribution in [2.75, 3.05) is 0 Å². The van der Waals surface area contributed by atoms with Gasteiger partial charge in [-0.25, -0.2) is 4.79 Å². The van der Waals surface area contributed by atoms with E-state index in [0.717, 1.165) is 21.7 Å². The zero-order chi connectivity index (χ0) is 20.2. The Bertz CT molecular complexity index is 1790. The average Bonchev–Trinajstić information content (AvgIpc) is 2.77. The van der Waals surface area contributed by atoms with E-state index in [1.807, 2.05) is 6.07 Å². The molecule has 6 aromatic rings. The van der Waals surface area contributed by atoms with Crippen molar-refractivity contribution in [2.24, 2.45) is 0 Å². The fourth-order valence-electron chi connectivity index (χ4n) is 4.40. The Morgan fingerprint density at radius 2 is 1.23 bits per heavy atom. The lowest BCUT2D eigenvalue weighted by Crippen LogP contribution is -2.23. The average molecular weight is 386 g/mol. The number of aromatic nitrogens is 2. The van der Waals surface area contributed by atoms with E-state index in [1.54, 1.807) is 0 Å². The van der Waals surface area contributed by atoms with Crippen LogP contribution in [0.1, 0.15) is 11.1 Å². The fourth-order valence-corrected chi connectivity index (χ4v) is 4.40. The van der Waals surface area contributed by atoms with Crippen LogP contribution in [0.4, 0.5) is 0 Å². The lowest BCUT2D eigenvalue weighted by atomic mass is 9.88. The molecule has 0 radical (unpaired) electrons. The third-order valence-corrected chi connectivity index (χ3v) is 5.66. The largest absolute Gasteiger partial charge is 0.325 e. The highest BCUT2D eigenvalue weighted by Crippen LogP contribution is 2.41. The van der Waals surface area contributed by atoms with Crippen LogP contribution in [0.2, 0.25) is 0 Å². The molecule has 4 heteroatoms. The minimum absolute atomic E-state index is 0.226. The summed E-state index contributed by atoms with van der Waals surface area (Å²) in [6.45, 7) is 0. The highest BCUT2D eigenvalue weighted by atomic mass is 16.2. The number of hydrogen-bond acceptors (Lipinski definition) is 2. The Morgan fingerprint density at radius 1 is 0.600 bits per heavy atom. The van der Waals surface area contributed by atoms with Crippen molar-refractivity contribution >= 4 is 43.1 Å². The maximum atomic E-state index is 12.0. The predicted molar refractivity (Wildman–Crippen MR) is 121 cm³/mol. The van der Waals surface area contributed by atoms with Crippen LogP contribution in [0.25, 0.3) is 43.1 Å². The number of rotatable bonds is 0. The van der Waals surface area contributed by atoms with Crippen LogP contribution in [-0.2, 0) is 0 Å². The number of H-pyrrole nitrogens is 2. The molecule has 0 aliphatic rings. The molecule has 140 valence electrons. The van der Waals surface area contributed by atoms with Crippen LogP contribution in [0.5, 0.6) is 0 Å². The van der Waals surface area contributed by atoms with E-state index in [1.165, 1.54) is 33.1 Å². The van der Waals surface area contributed by atoms with E-state index in [2.05, 4.69) is 82.5 Å². The molecule has 0 fully saturated rings. The van der Waals surface area contributed by atoms with Crippen LogP contribution >= 0.6 is 0 Å². The number of benzene rings is 5. The highest BCUT2D eigenvalue weighted by molar-refractivity contribution is 6.33. The third kappa shape index (κ3) is 2.30. The molecule has 0 atom stereocenters. The molecule has 5 aromatic carbocycles. The summed E-state index contributed by atoms with van der Waals surface area (Å²) in [6, 6.07) is 23.1. The van der Waals surface area contributed by atoms with Gasteiger partial charge in [0.15, 0.2) is 0 Å². The van der Waals surface area contributed by atoms with Gasteiger partial charge in [0.2, 0.25) is 0 Å². The monoisotopic (exact) mass is 386 g/mol. The van der Waals surface area contributed by atoms with Crippen molar-refractivity contribution in [1.82, 2.24) is 9.97 Å². The van der Waals surface area contributed by atoms with Gasteiger partial charge in [-0.15, -0.1) is 0 Å². The van der Waals surface area contributed by atoms with E-state index in [9.17, 15) is 9.59 Å². The number of hydrogen-bond donors (Lipinski definition) is 2. The Morgan fingerprint density at radius 3 is 1.97 bits per heavy atom. The fraction of sp³-hybridized carbons (Fsp3) is 0. The van der Waals surface area contributed by atoms with E-state index in [4.69, 9.17) is 0 Å². The van der Waals surface area contributed by atoms with E-state index >= 15 is 0 Å². The molecule has 0 aliphatic heterocycles. The van der Waals surface area contributed by atoms with Gasteiger partial charge in [-0.05, 0) is 43.8 Å². The van der Waals surface area contributed by atoms with Gasteiger partial charge in [0, 0.05) is 17.1 Å². The molecule has 0 bridgehead atoms. The van der Waals surface area contributed by atoms with Crippen molar-refractivity contribution < 1.29 is 0 Å². The predicted octanol–water partition coefficient (Wildman–Crippen LogP) is 4.51. The summed E-state index contributed by atoms with van der Waals surface area (Å²) in [5, 5.41) is 9.38. The molecule has 30 heavy (non-hydrogen) atoms. The molecular weight excluding hydrogens is 372 g/mol. The van der Waals surface area contributed by atoms with Crippen LogP contribution in [0, 0.1) is 11.8 Å². The summed E-state index contributed by atoms with van der Waals surface area (Å²) in [5.74, 6) is 6.11. The maximum Gasteiger partial charge on any atom is 0.325 e. The van der Waals surface area contributed by atoms with Gasteiger partial charge in [0.05, 0.1) is 0 Å². The Kier molecular flexibility index (Phi) is 3.35. The van der Waals surface area contributed by atoms with Gasteiger partial charge in [-0.2, -0.15) is 0 Å². The molecule has 2 N–H and O–H groups in total. The first-order valence-electron chi connectivity index (χ1n) is 9.63. The summed E-state index contributed by atoms with van der Waals surface area (Å²) < 4.78 is 0. The first kappa shape index (κ1) is 16.6. The number of fused-ring (bicyclic) bond motifs is 2. The molecule has 0 unspecified atom stereocenters. The molecule has 0 saturated carbocycles. The normalized spacial score (nSPS) is 11.3. The summed E-state index contributed by atoms with van der Waals surface area (Å²) >= 11 is 0. The molecule has 6 rings (SSSR count). The summed E-state index contributed by atoms with van der Waals surface area (Å²) in [4.78, 5) is 28.0. The van der Waals surface area contributed by atoms with Gasteiger partial charge in [-0.3, -0.25) is 9.78 Å². The smallest absolute Gasteiger partial charge is 0.313 e. The van der Waals surface area contributed by atoms with Gasteiger partial charge in [-0.1, -0.05) is 72.5 Å². The van der Waals surface area contributed by atoms with Crippen LogP contribution in [0.3, 0.4) is 0 Å². The van der Waals surface area contributed by atoms with Gasteiger partial charge in [0.25, 0.3) is 5.56 Å². The van der Waals surface area contributed by atoms with Gasteiger partial charge in [0.1, 0.15) is 5.56 Å². The zero-order valence-corrected chi connectivity index (χ0v) is 15.7. The van der Waals surface area contributed by atoms with E-state index in [0.29, 0.717) is 0 Å². The lowest BCUT2D eigenvalue weighted by molar-refractivity contribution is 1.03. The number of aromatic amines is 2. The molecular formula is C26H14N2O2. The maximum absolute atomic E-state index is 12.0. The molecule has 4 nitrogen and oxygen atoms in total. The molecule has 0 spiro atoms. The minimum Gasteiger partial charge on any atom is -0.313 e. The SMILES string of the molecule is O=c1[nH]cc(C#Cc2ccc3cccc4c5cccc6cccc(c2c34)c65)c(=O)[nH]1. The minimum atomic E-state index is -0.542. The summed E-state index contributed by atoms with van der Waals surface area (Å²) in [6.07, 6.45) is 1.35. The van der Waals surface area contributed by atoms with Crippen molar-refractivity contribution in [3.8, 4) is 11.8 Å². The van der Waals surface area contributed by atoms with E-state index in [-0.39, 0.29) is 5.56 Å². The van der Waals surface area contributed by atoms with Crippen molar-refractivity contribution in [1.29, 1.82) is 0 Å². The van der Waals surface area contributed by atoms with Crippen molar-refractivity contribution in [2.45, 2.75) is 0 Å². The first-order chi connectivity index (χ1) is 14.7. The Balaban J connectivity index is 1.79. The molecule has 1 heterocycles. The number of nitrogens with one attached hydrogen (secondary N) is 2. The van der Waals surface area contributed by atoms with Crippen LogP contribution in [-0.4, -0.2) is 9.97 Å². The standard InChI is InChI=1S/C26H14N2O2/c29-25-18(14-27-26(30)28-25)13-12-17-11-10-16-6-2-8-20-19-7-1-4-15-5-3-9-21(22(15)19)24(17)23(16)20/h1-11,14H,(H2,27,28,29,30). The lowest BCUT2D eigenvalue weighted by Gasteiger charge is -2.15. The van der Waals surface area contributed by atoms with Crippen molar-refractivity contribution in [3.63, 3.8) is 0 Å². The van der Waals surface area contributed by atoms with E-state index < -0.39 is 11.2 Å². The summed E-state index contributed by atoms with van der Waals surface area (Å²) in [5.41, 5.74) is 0.0419. The first-order valence-corrected chi connectivity index (χ1v) is 9.63. The van der Waals surface area contributed by atoms with Crippen LogP contribution < -0.4 is 11.2 Å². The highest BCUT2D eigenvalue weighted by Gasteiger charge is 2.14. The molecule has 0 aliphatic carbocycles.